The fourth-order valence-corrected chi connectivity index (χ4v) is 3.52. The van der Waals surface area contributed by atoms with Gasteiger partial charge in [0.25, 0.3) is 0 Å². The van der Waals surface area contributed by atoms with Crippen LogP contribution < -0.4 is 10.6 Å². The molecule has 2 atom stereocenters. The van der Waals surface area contributed by atoms with E-state index in [-0.39, 0.29) is 11.8 Å². The first-order chi connectivity index (χ1) is 16.5. The van der Waals surface area contributed by atoms with Crippen molar-refractivity contribution in [3.8, 4) is 17.5 Å². The monoisotopic (exact) mass is 452 g/mol. The number of nitriles is 1. The molecule has 0 saturated carbocycles. The third-order valence-corrected chi connectivity index (χ3v) is 5.43. The van der Waals surface area contributed by atoms with Crippen LogP contribution in [0.3, 0.4) is 0 Å². The van der Waals surface area contributed by atoms with Gasteiger partial charge >= 0.3 is 0 Å². The van der Waals surface area contributed by atoms with Gasteiger partial charge in [0.2, 0.25) is 17.6 Å². The van der Waals surface area contributed by atoms with Crippen LogP contribution in [0.2, 0.25) is 0 Å². The summed E-state index contributed by atoms with van der Waals surface area (Å²) >= 11 is 0. The Labute approximate surface area is 197 Å². The van der Waals surface area contributed by atoms with Gasteiger partial charge in [0.15, 0.2) is 0 Å². The summed E-state index contributed by atoms with van der Waals surface area (Å²) in [5.41, 5.74) is 3.26. The van der Waals surface area contributed by atoms with Crippen LogP contribution >= 0.6 is 0 Å². The summed E-state index contributed by atoms with van der Waals surface area (Å²) in [6, 6.07) is 22.1. The van der Waals surface area contributed by atoms with E-state index < -0.39 is 6.04 Å². The molecule has 2 heterocycles. The maximum Gasteiger partial charge on any atom is 0.247 e. The van der Waals surface area contributed by atoms with E-state index in [0.717, 1.165) is 11.1 Å². The van der Waals surface area contributed by atoms with Gasteiger partial charge in [0, 0.05) is 25.2 Å². The van der Waals surface area contributed by atoms with Gasteiger partial charge in [0.05, 0.1) is 11.6 Å². The molecule has 0 unspecified atom stereocenters. The molecule has 170 valence electrons. The van der Waals surface area contributed by atoms with Crippen molar-refractivity contribution in [1.82, 2.24) is 20.4 Å². The number of amides is 1. The van der Waals surface area contributed by atoms with Gasteiger partial charge in [-0.15, -0.1) is 0 Å². The molecule has 0 aliphatic heterocycles. The predicted octanol–water partition coefficient (Wildman–Crippen LogP) is 4.38. The van der Waals surface area contributed by atoms with Crippen molar-refractivity contribution >= 4 is 11.7 Å². The number of nitrogens with zero attached hydrogens (tertiary/aromatic N) is 4. The largest absolute Gasteiger partial charge is 0.339 e. The maximum atomic E-state index is 13.2. The zero-order valence-corrected chi connectivity index (χ0v) is 18.9. The van der Waals surface area contributed by atoms with Gasteiger partial charge in [-0.1, -0.05) is 54.5 Å². The predicted molar refractivity (Wildman–Crippen MR) is 128 cm³/mol. The summed E-state index contributed by atoms with van der Waals surface area (Å²) in [4.78, 5) is 21.7. The van der Waals surface area contributed by atoms with Crippen LogP contribution in [0.5, 0.6) is 0 Å². The lowest BCUT2D eigenvalue weighted by Crippen LogP contribution is -2.35. The van der Waals surface area contributed by atoms with E-state index in [4.69, 9.17) is 9.78 Å². The van der Waals surface area contributed by atoms with Crippen LogP contribution in [0.15, 0.2) is 77.4 Å². The zero-order chi connectivity index (χ0) is 23.9. The zero-order valence-electron chi connectivity index (χ0n) is 18.9. The van der Waals surface area contributed by atoms with E-state index in [1.165, 1.54) is 0 Å². The molecule has 1 amide bonds. The molecule has 0 bridgehead atoms. The molecule has 0 radical (unpaired) electrons. The lowest BCUT2D eigenvalue weighted by molar-refractivity contribution is -0.118. The van der Waals surface area contributed by atoms with Gasteiger partial charge in [-0.3, -0.25) is 4.79 Å². The topological polar surface area (TPSA) is 117 Å². The number of nitrogens with one attached hydrogen (secondary N) is 2. The summed E-state index contributed by atoms with van der Waals surface area (Å²) < 4.78 is 5.00. The Morgan fingerprint density at radius 1 is 1.06 bits per heavy atom. The van der Waals surface area contributed by atoms with Gasteiger partial charge in [0.1, 0.15) is 11.9 Å². The Bertz CT molecular complexity index is 1280. The number of hydrogen-bond donors (Lipinski definition) is 2. The first-order valence-electron chi connectivity index (χ1n) is 10.9. The highest BCUT2D eigenvalue weighted by Crippen LogP contribution is 2.21. The molecule has 0 aliphatic rings. The molecule has 34 heavy (non-hydrogen) atoms. The maximum absolute atomic E-state index is 13.2. The first-order valence-corrected chi connectivity index (χ1v) is 10.9. The number of aromatic nitrogens is 3. The Kier molecular flexibility index (Phi) is 7.06. The number of aryl methyl sites for hydroxylation is 1. The fourth-order valence-electron chi connectivity index (χ4n) is 3.52. The summed E-state index contributed by atoms with van der Waals surface area (Å²) in [7, 11) is 0. The summed E-state index contributed by atoms with van der Waals surface area (Å²) in [5, 5.41) is 19.2. The third kappa shape index (κ3) is 5.52. The molecule has 0 spiro atoms. The van der Waals surface area contributed by atoms with E-state index in [2.05, 4.69) is 38.8 Å². The molecule has 8 heteroatoms. The molecule has 4 rings (SSSR count). The van der Waals surface area contributed by atoms with Gasteiger partial charge in [-0.25, -0.2) is 4.98 Å². The van der Waals surface area contributed by atoms with E-state index >= 15 is 0 Å². The van der Waals surface area contributed by atoms with Crippen molar-refractivity contribution in [3.63, 3.8) is 0 Å². The van der Waals surface area contributed by atoms with Crippen molar-refractivity contribution < 1.29 is 9.32 Å². The Morgan fingerprint density at radius 2 is 1.82 bits per heavy atom. The second kappa shape index (κ2) is 10.5. The standard InChI is InChI=1S/C26H24N6O2/c1-17(20-10-8-19(14-27)9-11-20)15-29-24(21-6-4-3-5-7-21)26(33)31-23-13-12-22(16-28-23)25-30-18(2)34-32-25/h3-13,16-17,24,29H,15H2,1-2H3,(H,28,31,33)/t17-,24-/m1/s1. The van der Waals surface area contributed by atoms with Crippen molar-refractivity contribution in [1.29, 1.82) is 5.26 Å². The van der Waals surface area contributed by atoms with E-state index in [9.17, 15) is 4.79 Å². The first kappa shape index (κ1) is 22.8. The van der Waals surface area contributed by atoms with Crippen molar-refractivity contribution in [2.75, 3.05) is 11.9 Å². The smallest absolute Gasteiger partial charge is 0.247 e. The van der Waals surface area contributed by atoms with Gasteiger partial charge < -0.3 is 15.2 Å². The molecular formula is C26H24N6O2. The summed E-state index contributed by atoms with van der Waals surface area (Å²) in [6.45, 7) is 4.37. The fraction of sp³-hybridized carbons (Fsp3) is 0.192. The quantitative estimate of drug-likeness (QED) is 0.407. The lowest BCUT2D eigenvalue weighted by Gasteiger charge is -2.21. The second-order valence-corrected chi connectivity index (χ2v) is 7.95. The number of rotatable bonds is 8. The Balaban J connectivity index is 1.46. The molecule has 0 saturated heterocycles. The SMILES string of the molecule is Cc1nc(-c2ccc(NC(=O)[C@H](NC[C@@H](C)c3ccc(C#N)cc3)c3ccccc3)nc2)no1. The van der Waals surface area contributed by atoms with Crippen molar-refractivity contribution in [3.05, 3.63) is 95.5 Å². The average molecular weight is 453 g/mol. The van der Waals surface area contributed by atoms with E-state index in [0.29, 0.717) is 35.2 Å². The second-order valence-electron chi connectivity index (χ2n) is 7.95. The minimum atomic E-state index is -0.566. The number of carbonyl (C=O) groups excluding carboxylic acids is 1. The summed E-state index contributed by atoms with van der Waals surface area (Å²) in [5.74, 6) is 1.27. The third-order valence-electron chi connectivity index (χ3n) is 5.43. The highest BCUT2D eigenvalue weighted by Gasteiger charge is 2.22. The molecule has 8 nitrogen and oxygen atoms in total. The normalized spacial score (nSPS) is 12.5. The number of carbonyl (C=O) groups is 1. The van der Waals surface area contributed by atoms with Crippen LogP contribution in [0.1, 0.15) is 41.5 Å². The van der Waals surface area contributed by atoms with Crippen molar-refractivity contribution in [2.45, 2.75) is 25.8 Å². The van der Waals surface area contributed by atoms with Crippen LogP contribution in [-0.2, 0) is 4.79 Å². The lowest BCUT2D eigenvalue weighted by atomic mass is 9.98. The molecule has 2 aromatic heterocycles. The highest BCUT2D eigenvalue weighted by atomic mass is 16.5. The molecule has 0 aliphatic carbocycles. The van der Waals surface area contributed by atoms with Gasteiger partial charge in [-0.05, 0) is 41.3 Å². The van der Waals surface area contributed by atoms with Crippen molar-refractivity contribution in [2.24, 2.45) is 0 Å². The minimum Gasteiger partial charge on any atom is -0.339 e. The minimum absolute atomic E-state index is 0.141. The van der Waals surface area contributed by atoms with Crippen LogP contribution in [0.4, 0.5) is 5.82 Å². The van der Waals surface area contributed by atoms with Gasteiger partial charge in [-0.2, -0.15) is 10.2 Å². The Hall–Kier alpha value is -4.35. The van der Waals surface area contributed by atoms with Crippen LogP contribution in [-0.4, -0.2) is 27.6 Å². The van der Waals surface area contributed by atoms with Crippen LogP contribution in [0, 0.1) is 18.3 Å². The van der Waals surface area contributed by atoms with E-state index in [1.807, 2.05) is 42.5 Å². The number of anilines is 1. The number of pyridine rings is 1. The van der Waals surface area contributed by atoms with Crippen LogP contribution in [0.25, 0.3) is 11.4 Å². The van der Waals surface area contributed by atoms with E-state index in [1.54, 1.807) is 37.4 Å². The molecule has 0 fully saturated rings. The number of benzene rings is 2. The number of hydrogen-bond acceptors (Lipinski definition) is 7. The molecular weight excluding hydrogens is 428 g/mol. The Morgan fingerprint density at radius 3 is 2.44 bits per heavy atom. The molecule has 4 aromatic rings. The summed E-state index contributed by atoms with van der Waals surface area (Å²) in [6.07, 6.45) is 1.60. The highest BCUT2D eigenvalue weighted by molar-refractivity contribution is 5.94. The molecule has 2 N–H and O–H groups in total. The molecule has 2 aromatic carbocycles. The average Bonchev–Trinajstić information content (AvgIpc) is 3.31.